The highest BCUT2D eigenvalue weighted by molar-refractivity contribution is 7.91. The molecular formula is C9H7F3N2O2S. The Morgan fingerprint density at radius 2 is 1.82 bits per heavy atom. The lowest BCUT2D eigenvalue weighted by atomic mass is 10.1. The molecule has 0 saturated carbocycles. The maximum Gasteiger partial charge on any atom is 0.499 e. The van der Waals surface area contributed by atoms with Crippen LogP contribution in [0.1, 0.15) is 12.5 Å². The molecule has 0 saturated heterocycles. The Labute approximate surface area is 95.6 Å². The van der Waals surface area contributed by atoms with Crippen LogP contribution >= 0.6 is 0 Å². The van der Waals surface area contributed by atoms with E-state index in [0.29, 0.717) is 0 Å². The summed E-state index contributed by atoms with van der Waals surface area (Å²) in [4.78, 5) is 0. The number of hydrogen-bond donors (Lipinski definition) is 0. The van der Waals surface area contributed by atoms with Gasteiger partial charge in [-0.1, -0.05) is 18.2 Å². The van der Waals surface area contributed by atoms with Crippen LogP contribution in [0.25, 0.3) is 0 Å². The minimum Gasteiger partial charge on any atom is -0.181 e. The summed E-state index contributed by atoms with van der Waals surface area (Å²) in [7, 11) is -4.75. The lowest BCUT2D eigenvalue weighted by Crippen LogP contribution is -2.44. The van der Waals surface area contributed by atoms with Crippen LogP contribution in [-0.4, -0.2) is 20.4 Å². The average molecular weight is 264 g/mol. The van der Waals surface area contributed by atoms with Gasteiger partial charge in [0.05, 0.1) is 11.4 Å². The fourth-order valence-corrected chi connectivity index (χ4v) is 2.81. The van der Waals surface area contributed by atoms with Crippen LogP contribution in [0, 0.1) is 0 Å². The van der Waals surface area contributed by atoms with E-state index in [1.165, 1.54) is 25.1 Å². The Morgan fingerprint density at radius 3 is 2.41 bits per heavy atom. The smallest absolute Gasteiger partial charge is 0.181 e. The zero-order valence-corrected chi connectivity index (χ0v) is 9.38. The molecule has 0 fully saturated rings. The minimum atomic E-state index is -5.03. The minimum absolute atomic E-state index is 0.0427. The molecule has 0 atom stereocenters. The second-order valence-corrected chi connectivity index (χ2v) is 4.85. The standard InChI is InChI=1S/C9H7F3N2O2S/c1-6-7-4-2-3-5-8(7)14(9(10,11)12)17(15,16)13-6/h2-5H,1H3. The van der Waals surface area contributed by atoms with Crippen molar-refractivity contribution in [1.82, 2.24) is 0 Å². The number of halogens is 3. The van der Waals surface area contributed by atoms with Crippen LogP contribution in [0.15, 0.2) is 28.7 Å². The maximum absolute atomic E-state index is 12.7. The molecule has 0 amide bonds. The van der Waals surface area contributed by atoms with E-state index in [-0.39, 0.29) is 11.3 Å². The van der Waals surface area contributed by atoms with E-state index < -0.39 is 26.5 Å². The second-order valence-electron chi connectivity index (χ2n) is 3.40. The molecule has 0 N–H and O–H groups in total. The molecule has 92 valence electrons. The number of nitrogens with zero attached hydrogens (tertiary/aromatic N) is 2. The van der Waals surface area contributed by atoms with Gasteiger partial charge in [-0.25, -0.2) is 0 Å². The van der Waals surface area contributed by atoms with Gasteiger partial charge in [-0.3, -0.25) is 0 Å². The Hall–Kier alpha value is -1.57. The van der Waals surface area contributed by atoms with Crippen LogP contribution in [-0.2, 0) is 10.2 Å². The Balaban J connectivity index is 2.76. The Bertz CT molecular complexity index is 593. The van der Waals surface area contributed by atoms with Gasteiger partial charge >= 0.3 is 16.5 Å². The van der Waals surface area contributed by atoms with Gasteiger partial charge in [0.15, 0.2) is 0 Å². The van der Waals surface area contributed by atoms with Crippen LogP contribution in [0.5, 0.6) is 0 Å². The SMILES string of the molecule is CC1=NS(=O)(=O)N(C(F)(F)F)c2ccccc21. The summed E-state index contributed by atoms with van der Waals surface area (Å²) < 4.78 is 63.5. The maximum atomic E-state index is 12.7. The predicted molar refractivity (Wildman–Crippen MR) is 56.1 cm³/mol. The molecule has 1 aromatic rings. The van der Waals surface area contributed by atoms with E-state index in [1.54, 1.807) is 0 Å². The third-order valence-corrected chi connectivity index (χ3v) is 3.60. The first-order chi connectivity index (χ1) is 7.73. The fraction of sp³-hybridized carbons (Fsp3) is 0.222. The molecule has 1 aromatic carbocycles. The van der Waals surface area contributed by atoms with Gasteiger partial charge in [-0.15, -0.1) is 17.6 Å². The quantitative estimate of drug-likeness (QED) is 0.673. The Kier molecular flexibility index (Phi) is 2.42. The largest absolute Gasteiger partial charge is 0.499 e. The first-order valence-electron chi connectivity index (χ1n) is 4.51. The molecule has 1 aliphatic heterocycles. The predicted octanol–water partition coefficient (Wildman–Crippen LogP) is 2.08. The van der Waals surface area contributed by atoms with Gasteiger partial charge in [0.1, 0.15) is 0 Å². The van der Waals surface area contributed by atoms with Crippen molar-refractivity contribution < 1.29 is 21.6 Å². The summed E-state index contributed by atoms with van der Waals surface area (Å²) in [6.07, 6.45) is -5.03. The van der Waals surface area contributed by atoms with Crippen molar-refractivity contribution >= 4 is 21.6 Å². The molecule has 0 bridgehead atoms. The lowest BCUT2D eigenvalue weighted by molar-refractivity contribution is -0.115. The van der Waals surface area contributed by atoms with Crippen molar-refractivity contribution in [2.75, 3.05) is 4.31 Å². The van der Waals surface area contributed by atoms with Gasteiger partial charge in [-0.2, -0.15) is 12.7 Å². The lowest BCUT2D eigenvalue weighted by Gasteiger charge is -2.29. The summed E-state index contributed by atoms with van der Waals surface area (Å²) in [5.74, 6) is 0. The number of fused-ring (bicyclic) bond motifs is 1. The van der Waals surface area contributed by atoms with Gasteiger partial charge in [0.2, 0.25) is 0 Å². The van der Waals surface area contributed by atoms with E-state index in [1.807, 2.05) is 0 Å². The number of alkyl halides is 3. The van der Waals surface area contributed by atoms with Crippen molar-refractivity contribution in [3.05, 3.63) is 29.8 Å². The van der Waals surface area contributed by atoms with Gasteiger partial charge in [0, 0.05) is 5.56 Å². The second kappa shape index (κ2) is 3.46. The molecule has 0 aromatic heterocycles. The van der Waals surface area contributed by atoms with Gasteiger partial charge < -0.3 is 0 Å². The molecule has 1 heterocycles. The fourth-order valence-electron chi connectivity index (χ4n) is 1.61. The molecule has 4 nitrogen and oxygen atoms in total. The summed E-state index contributed by atoms with van der Waals surface area (Å²) >= 11 is 0. The molecule has 2 rings (SSSR count). The van der Waals surface area contributed by atoms with Crippen LogP contribution in [0.3, 0.4) is 0 Å². The molecule has 0 spiro atoms. The average Bonchev–Trinajstić information content (AvgIpc) is 2.13. The highest BCUT2D eigenvalue weighted by Crippen LogP contribution is 2.37. The number of hydrogen-bond acceptors (Lipinski definition) is 2. The van der Waals surface area contributed by atoms with E-state index in [9.17, 15) is 21.6 Å². The number of benzene rings is 1. The molecule has 8 heteroatoms. The number of rotatable bonds is 0. The highest BCUT2D eigenvalue weighted by atomic mass is 32.2. The van der Waals surface area contributed by atoms with Crippen molar-refractivity contribution in [1.29, 1.82) is 0 Å². The molecular weight excluding hydrogens is 257 g/mol. The number of anilines is 1. The van der Waals surface area contributed by atoms with Crippen molar-refractivity contribution in [3.8, 4) is 0 Å². The van der Waals surface area contributed by atoms with E-state index >= 15 is 0 Å². The Morgan fingerprint density at radius 1 is 1.24 bits per heavy atom. The molecule has 0 radical (unpaired) electrons. The molecule has 1 aliphatic rings. The summed E-state index contributed by atoms with van der Waals surface area (Å²) in [6.45, 7) is 1.35. The summed E-state index contributed by atoms with van der Waals surface area (Å²) in [5.41, 5.74) is -0.228. The van der Waals surface area contributed by atoms with E-state index in [4.69, 9.17) is 0 Å². The summed E-state index contributed by atoms with van der Waals surface area (Å²) in [6, 6.07) is 5.34. The van der Waals surface area contributed by atoms with Crippen molar-refractivity contribution in [3.63, 3.8) is 0 Å². The van der Waals surface area contributed by atoms with Gasteiger partial charge in [-0.05, 0) is 13.0 Å². The third kappa shape index (κ3) is 1.88. The van der Waals surface area contributed by atoms with E-state index in [2.05, 4.69) is 4.40 Å². The number of para-hydroxylation sites is 1. The van der Waals surface area contributed by atoms with Crippen LogP contribution in [0.2, 0.25) is 0 Å². The highest BCUT2D eigenvalue weighted by Gasteiger charge is 2.48. The third-order valence-electron chi connectivity index (χ3n) is 2.23. The van der Waals surface area contributed by atoms with E-state index in [0.717, 1.165) is 6.07 Å². The molecule has 0 unspecified atom stereocenters. The monoisotopic (exact) mass is 264 g/mol. The first-order valence-corrected chi connectivity index (χ1v) is 5.91. The van der Waals surface area contributed by atoms with Crippen LogP contribution < -0.4 is 4.31 Å². The first kappa shape index (κ1) is 11.9. The topological polar surface area (TPSA) is 49.7 Å². The summed E-state index contributed by atoms with van der Waals surface area (Å²) in [5, 5.41) is 0. The zero-order chi connectivity index (χ0) is 12.8. The zero-order valence-electron chi connectivity index (χ0n) is 8.56. The normalized spacial score (nSPS) is 18.6. The van der Waals surface area contributed by atoms with Crippen LogP contribution in [0.4, 0.5) is 18.9 Å². The van der Waals surface area contributed by atoms with Crippen molar-refractivity contribution in [2.24, 2.45) is 4.40 Å². The van der Waals surface area contributed by atoms with Crippen molar-refractivity contribution in [2.45, 2.75) is 13.2 Å². The molecule has 17 heavy (non-hydrogen) atoms. The molecule has 0 aliphatic carbocycles. The van der Waals surface area contributed by atoms with Gasteiger partial charge in [0.25, 0.3) is 0 Å².